The number of ether oxygens (including phenoxy) is 6. The van der Waals surface area contributed by atoms with Crippen molar-refractivity contribution in [3.63, 3.8) is 0 Å². The number of aromatic nitrogens is 1. The van der Waals surface area contributed by atoms with Gasteiger partial charge in [-0.2, -0.15) is 0 Å². The molecular formula is C31H31NO11. The summed E-state index contributed by atoms with van der Waals surface area (Å²) in [5, 5.41) is 0.738. The Morgan fingerprint density at radius 1 is 0.767 bits per heavy atom. The van der Waals surface area contributed by atoms with Gasteiger partial charge in [-0.15, -0.1) is 0 Å². The number of hydrogen-bond acceptors (Lipinski definition) is 12. The minimum absolute atomic E-state index is 0.326. The zero-order chi connectivity index (χ0) is 31.3. The van der Waals surface area contributed by atoms with Gasteiger partial charge in [0.2, 0.25) is 0 Å². The summed E-state index contributed by atoms with van der Waals surface area (Å²) in [6.45, 7) is 4.41. The lowest BCUT2D eigenvalue weighted by atomic mass is 9.89. The number of methoxy groups -OCH3 is 1. The summed E-state index contributed by atoms with van der Waals surface area (Å²) in [7, 11) is 1.31. The number of carbonyl (C=O) groups excluding carboxylic acids is 5. The number of benzene rings is 2. The summed E-state index contributed by atoms with van der Waals surface area (Å²) in [5.74, 6) is -3.16. The fourth-order valence-electron chi connectivity index (χ4n) is 4.90. The summed E-state index contributed by atoms with van der Waals surface area (Å²) in [6, 6.07) is 15.7. The van der Waals surface area contributed by atoms with Gasteiger partial charge in [-0.3, -0.25) is 19.2 Å². The first-order chi connectivity index (χ1) is 20.5. The minimum Gasteiger partial charge on any atom is -0.465 e. The third-order valence-corrected chi connectivity index (χ3v) is 6.61. The van der Waals surface area contributed by atoms with Crippen molar-refractivity contribution >= 4 is 40.7 Å². The molecule has 226 valence electrons. The number of pyridine rings is 1. The van der Waals surface area contributed by atoms with E-state index < -0.39 is 60.4 Å². The van der Waals surface area contributed by atoms with Gasteiger partial charge in [0.25, 0.3) is 0 Å². The van der Waals surface area contributed by atoms with Crippen LogP contribution in [0.1, 0.15) is 49.7 Å². The number of hydrogen-bond donors (Lipinski definition) is 0. The molecule has 1 saturated heterocycles. The maximum atomic E-state index is 12.2. The molecule has 0 unspecified atom stereocenters. The van der Waals surface area contributed by atoms with Crippen molar-refractivity contribution in [1.82, 2.24) is 4.98 Å². The number of rotatable bonds is 8. The number of nitrogens with zero attached hydrogens (tertiary/aromatic N) is 1. The van der Waals surface area contributed by atoms with E-state index in [1.165, 1.54) is 27.9 Å². The van der Waals surface area contributed by atoms with Crippen molar-refractivity contribution in [2.24, 2.45) is 0 Å². The van der Waals surface area contributed by atoms with Crippen molar-refractivity contribution in [3.8, 4) is 11.3 Å². The van der Waals surface area contributed by atoms with Crippen LogP contribution in [0, 0.1) is 0 Å². The van der Waals surface area contributed by atoms with Crippen LogP contribution in [0.15, 0.2) is 54.6 Å². The molecule has 0 saturated carbocycles. The Bertz CT molecular complexity index is 1550. The van der Waals surface area contributed by atoms with Crippen molar-refractivity contribution in [2.75, 3.05) is 13.7 Å². The topological polar surface area (TPSA) is 154 Å². The number of esters is 5. The van der Waals surface area contributed by atoms with Crippen LogP contribution in [-0.4, -0.2) is 73.0 Å². The maximum Gasteiger partial charge on any atom is 0.337 e. The average Bonchev–Trinajstić information content (AvgIpc) is 2.96. The summed E-state index contributed by atoms with van der Waals surface area (Å²) >= 11 is 0. The molecule has 0 spiro atoms. The molecule has 1 aliphatic heterocycles. The van der Waals surface area contributed by atoms with Gasteiger partial charge in [0.15, 0.2) is 18.3 Å². The lowest BCUT2D eigenvalue weighted by molar-refractivity contribution is -0.254. The first-order valence-electron chi connectivity index (χ1n) is 13.4. The van der Waals surface area contributed by atoms with Gasteiger partial charge in [0.1, 0.15) is 18.8 Å². The monoisotopic (exact) mass is 593 g/mol. The van der Waals surface area contributed by atoms with Crippen LogP contribution in [-0.2, 0) is 47.6 Å². The molecule has 12 heteroatoms. The Hall–Kier alpha value is -4.84. The maximum absolute atomic E-state index is 12.2. The van der Waals surface area contributed by atoms with Gasteiger partial charge >= 0.3 is 29.8 Å². The second-order valence-electron chi connectivity index (χ2n) is 9.84. The van der Waals surface area contributed by atoms with Gasteiger partial charge in [-0.05, 0) is 35.9 Å². The van der Waals surface area contributed by atoms with Gasteiger partial charge in [0, 0.05) is 38.6 Å². The second-order valence-corrected chi connectivity index (χ2v) is 9.84. The van der Waals surface area contributed by atoms with Crippen LogP contribution < -0.4 is 0 Å². The molecule has 0 aliphatic carbocycles. The van der Waals surface area contributed by atoms with E-state index >= 15 is 0 Å². The Balaban J connectivity index is 1.76. The van der Waals surface area contributed by atoms with Crippen molar-refractivity contribution in [1.29, 1.82) is 0 Å². The predicted octanol–water partition coefficient (Wildman–Crippen LogP) is 3.49. The molecular weight excluding hydrogens is 562 g/mol. The van der Waals surface area contributed by atoms with E-state index in [1.54, 1.807) is 42.5 Å². The number of fused-ring (bicyclic) bond motifs is 1. The molecule has 1 aliphatic rings. The summed E-state index contributed by atoms with van der Waals surface area (Å²) < 4.78 is 32.8. The van der Waals surface area contributed by atoms with Crippen LogP contribution in [0.2, 0.25) is 0 Å². The summed E-state index contributed by atoms with van der Waals surface area (Å²) in [5.41, 5.74) is 2.85. The molecule has 0 radical (unpaired) electrons. The SMILES string of the molecule is COC(=O)c1ccc2nc(-c3cccc([C@H]4O[C@H](COC(C)=O)[C@@H](OC(C)=O)[C@H](OC(C)=O)[C@@H]4OC(C)=O)c3)ccc2c1. The number of carbonyl (C=O) groups is 5. The Kier molecular flexibility index (Phi) is 9.71. The van der Waals surface area contributed by atoms with E-state index in [0.29, 0.717) is 27.9 Å². The molecule has 1 fully saturated rings. The van der Waals surface area contributed by atoms with E-state index in [9.17, 15) is 24.0 Å². The summed E-state index contributed by atoms with van der Waals surface area (Å²) in [4.78, 5) is 64.6. The zero-order valence-corrected chi connectivity index (χ0v) is 24.2. The van der Waals surface area contributed by atoms with Crippen LogP contribution in [0.25, 0.3) is 22.2 Å². The van der Waals surface area contributed by atoms with Gasteiger partial charge in [-0.1, -0.05) is 24.3 Å². The second kappa shape index (κ2) is 13.4. The minimum atomic E-state index is -1.28. The van der Waals surface area contributed by atoms with E-state index in [2.05, 4.69) is 0 Å². The van der Waals surface area contributed by atoms with Crippen LogP contribution >= 0.6 is 0 Å². The van der Waals surface area contributed by atoms with Gasteiger partial charge in [-0.25, -0.2) is 9.78 Å². The molecule has 2 heterocycles. The van der Waals surface area contributed by atoms with Crippen molar-refractivity contribution < 1.29 is 52.4 Å². The Morgan fingerprint density at radius 3 is 2.09 bits per heavy atom. The van der Waals surface area contributed by atoms with E-state index in [0.717, 1.165) is 12.3 Å². The molecule has 5 atom stereocenters. The van der Waals surface area contributed by atoms with E-state index in [1.807, 2.05) is 12.1 Å². The molecule has 0 amide bonds. The molecule has 2 aromatic carbocycles. The third kappa shape index (κ3) is 7.52. The fraction of sp³-hybridized carbons (Fsp3) is 0.355. The highest BCUT2D eigenvalue weighted by atomic mass is 16.7. The highest BCUT2D eigenvalue weighted by molar-refractivity contribution is 5.94. The fourth-order valence-corrected chi connectivity index (χ4v) is 4.90. The molecule has 0 N–H and O–H groups in total. The van der Waals surface area contributed by atoms with Gasteiger partial charge in [0.05, 0.1) is 23.9 Å². The van der Waals surface area contributed by atoms with E-state index in [4.69, 9.17) is 33.4 Å². The molecule has 0 bridgehead atoms. The van der Waals surface area contributed by atoms with Crippen LogP contribution in [0.5, 0.6) is 0 Å². The van der Waals surface area contributed by atoms with Crippen LogP contribution in [0.3, 0.4) is 0 Å². The Labute approximate surface area is 247 Å². The molecule has 43 heavy (non-hydrogen) atoms. The predicted molar refractivity (Wildman–Crippen MR) is 149 cm³/mol. The molecule has 3 aromatic rings. The lowest BCUT2D eigenvalue weighted by Crippen LogP contribution is -2.59. The lowest BCUT2D eigenvalue weighted by Gasteiger charge is -2.44. The highest BCUT2D eigenvalue weighted by Crippen LogP contribution is 2.38. The first kappa shape index (κ1) is 31.1. The quantitative estimate of drug-likeness (QED) is 0.277. The molecule has 12 nitrogen and oxygen atoms in total. The average molecular weight is 594 g/mol. The van der Waals surface area contributed by atoms with Crippen molar-refractivity contribution in [3.05, 3.63) is 65.7 Å². The first-order valence-corrected chi connectivity index (χ1v) is 13.4. The largest absolute Gasteiger partial charge is 0.465 e. The summed E-state index contributed by atoms with van der Waals surface area (Å²) in [6.07, 6.45) is -5.85. The Morgan fingerprint density at radius 2 is 1.44 bits per heavy atom. The van der Waals surface area contributed by atoms with Crippen LogP contribution in [0.4, 0.5) is 0 Å². The smallest absolute Gasteiger partial charge is 0.337 e. The third-order valence-electron chi connectivity index (χ3n) is 6.61. The molecule has 1 aromatic heterocycles. The van der Waals surface area contributed by atoms with E-state index in [-0.39, 0.29) is 6.61 Å². The zero-order valence-electron chi connectivity index (χ0n) is 24.2. The normalized spacial score (nSPS) is 21.4. The van der Waals surface area contributed by atoms with Gasteiger partial charge < -0.3 is 28.4 Å². The molecule has 4 rings (SSSR count). The highest BCUT2D eigenvalue weighted by Gasteiger charge is 2.52. The van der Waals surface area contributed by atoms with Crippen molar-refractivity contribution in [2.45, 2.75) is 58.2 Å². The standard InChI is InChI=1S/C31H31NO11/c1-16(33)39-15-26-28(40-17(2)34)30(42-19(4)36)29(41-18(3)35)27(43-26)22-8-6-7-20(13-22)24-11-9-21-14-23(31(37)38-5)10-12-25(21)32-24/h6-14,26-30H,15H2,1-5H3/t26-,27-,28-,29-,30+/m1/s1.